The first-order valence-corrected chi connectivity index (χ1v) is 2.26. The van der Waals surface area contributed by atoms with Gasteiger partial charge in [-0.05, 0) is 0 Å². The maximum atomic E-state index is 7.03. The second-order valence-electron chi connectivity index (χ2n) is 1.30. The van der Waals surface area contributed by atoms with Gasteiger partial charge in [0.25, 0.3) is 5.62 Å². The summed E-state index contributed by atoms with van der Waals surface area (Å²) in [5.41, 5.74) is -0.0208. The van der Waals surface area contributed by atoms with Gasteiger partial charge in [0.05, 0.1) is 12.4 Å². The topological polar surface area (TPSA) is 66.9 Å². The van der Waals surface area contributed by atoms with Gasteiger partial charge in [0.1, 0.15) is 0 Å². The molecule has 5 nitrogen and oxygen atoms in total. The number of hydrogen-bond donors (Lipinski definition) is 1. The zero-order valence-corrected chi connectivity index (χ0v) is 4.65. The van der Waals surface area contributed by atoms with E-state index in [0.717, 1.165) is 4.79 Å². The van der Waals surface area contributed by atoms with Crippen molar-refractivity contribution in [3.8, 4) is 0 Å². The van der Waals surface area contributed by atoms with Crippen LogP contribution in [-0.2, 0) is 0 Å². The maximum absolute atomic E-state index is 7.03. The van der Waals surface area contributed by atoms with E-state index in [1.54, 1.807) is 0 Å². The normalized spacial score (nSPS) is 8.89. The Hall–Kier alpha value is -1.52. The first kappa shape index (κ1) is 5.61. The maximum Gasteiger partial charge on any atom is 0.261 e. The lowest BCUT2D eigenvalue weighted by Crippen LogP contribution is -2.20. The van der Waals surface area contributed by atoms with Crippen LogP contribution in [0.5, 0.6) is 0 Å². The summed E-state index contributed by atoms with van der Waals surface area (Å²) in [7, 11) is 0. The van der Waals surface area contributed by atoms with E-state index >= 15 is 0 Å². The van der Waals surface area contributed by atoms with Crippen molar-refractivity contribution >= 4 is 6.72 Å². The molecule has 0 aromatic carbocycles. The Labute approximate surface area is 51.2 Å². The number of hydrogen-bond acceptors (Lipinski definition) is 4. The standard InChI is InChI=1S/C4H5N5/c1-6-9-4(5)7-2-3-8-9/h2-3,5H,1H2. The van der Waals surface area contributed by atoms with E-state index in [4.69, 9.17) is 5.41 Å². The largest absolute Gasteiger partial charge is 0.264 e. The molecule has 5 heteroatoms. The summed E-state index contributed by atoms with van der Waals surface area (Å²) in [5.74, 6) is 0. The van der Waals surface area contributed by atoms with Gasteiger partial charge < -0.3 is 0 Å². The van der Waals surface area contributed by atoms with Crippen LogP contribution in [0.15, 0.2) is 17.5 Å². The summed E-state index contributed by atoms with van der Waals surface area (Å²) in [6, 6.07) is 0. The zero-order chi connectivity index (χ0) is 6.69. The number of nitrogens with one attached hydrogen (secondary N) is 1. The Morgan fingerprint density at radius 3 is 2.89 bits per heavy atom. The van der Waals surface area contributed by atoms with Gasteiger partial charge >= 0.3 is 0 Å². The first-order valence-electron chi connectivity index (χ1n) is 2.26. The molecule has 1 N–H and O–H groups in total. The van der Waals surface area contributed by atoms with Crippen LogP contribution < -0.4 is 5.62 Å². The van der Waals surface area contributed by atoms with Gasteiger partial charge in [-0.15, -0.1) is 4.79 Å². The van der Waals surface area contributed by atoms with Gasteiger partial charge in [0.15, 0.2) is 0 Å². The van der Waals surface area contributed by atoms with Crippen LogP contribution in [0.4, 0.5) is 0 Å². The van der Waals surface area contributed by atoms with Crippen LogP contribution in [0, 0.1) is 5.41 Å². The molecule has 1 rings (SSSR count). The predicted molar refractivity (Wildman–Crippen MR) is 30.8 cm³/mol. The molecule has 0 spiro atoms. The van der Waals surface area contributed by atoms with Crippen molar-refractivity contribution in [2.24, 2.45) is 5.10 Å². The predicted octanol–water partition coefficient (Wildman–Crippen LogP) is -0.779. The number of aromatic nitrogens is 3. The third kappa shape index (κ3) is 0.987. The summed E-state index contributed by atoms with van der Waals surface area (Å²) in [4.78, 5) is 4.61. The summed E-state index contributed by atoms with van der Waals surface area (Å²) in [5, 5.41) is 14.0. The van der Waals surface area contributed by atoms with Crippen molar-refractivity contribution in [1.82, 2.24) is 14.9 Å². The summed E-state index contributed by atoms with van der Waals surface area (Å²) in [6.07, 6.45) is 2.86. The van der Waals surface area contributed by atoms with E-state index in [1.165, 1.54) is 12.4 Å². The highest BCUT2D eigenvalue weighted by Crippen LogP contribution is 1.65. The highest BCUT2D eigenvalue weighted by atomic mass is 15.5. The molecular weight excluding hydrogens is 118 g/mol. The minimum absolute atomic E-state index is 0.0208. The Bertz CT molecular complexity index is 262. The average molecular weight is 123 g/mol. The molecular formula is C4H5N5. The molecule has 0 saturated carbocycles. The quantitative estimate of drug-likeness (QED) is 0.498. The van der Waals surface area contributed by atoms with Gasteiger partial charge in [0.2, 0.25) is 0 Å². The van der Waals surface area contributed by atoms with E-state index in [9.17, 15) is 0 Å². The Morgan fingerprint density at radius 1 is 1.67 bits per heavy atom. The van der Waals surface area contributed by atoms with Crippen LogP contribution in [-0.4, -0.2) is 21.6 Å². The van der Waals surface area contributed by atoms with Gasteiger partial charge in [-0.3, -0.25) is 5.41 Å². The lowest BCUT2D eigenvalue weighted by atomic mass is 10.9. The smallest absolute Gasteiger partial charge is 0.261 e. The lowest BCUT2D eigenvalue weighted by molar-refractivity contribution is 0.631. The van der Waals surface area contributed by atoms with Crippen molar-refractivity contribution in [3.05, 3.63) is 18.0 Å². The van der Waals surface area contributed by atoms with Crippen LogP contribution in [0.1, 0.15) is 0 Å². The Kier molecular flexibility index (Phi) is 1.35. The highest BCUT2D eigenvalue weighted by molar-refractivity contribution is 5.22. The van der Waals surface area contributed by atoms with E-state index in [0.29, 0.717) is 0 Å². The molecule has 9 heavy (non-hydrogen) atoms. The van der Waals surface area contributed by atoms with Crippen LogP contribution in [0.25, 0.3) is 0 Å². The van der Waals surface area contributed by atoms with Crippen LogP contribution >= 0.6 is 0 Å². The van der Waals surface area contributed by atoms with E-state index in [2.05, 4.69) is 21.9 Å². The molecule has 0 atom stereocenters. The summed E-state index contributed by atoms with van der Waals surface area (Å²) in [6.45, 7) is 3.18. The van der Waals surface area contributed by atoms with Crippen molar-refractivity contribution in [2.75, 3.05) is 0 Å². The van der Waals surface area contributed by atoms with E-state index in [-0.39, 0.29) is 5.62 Å². The van der Waals surface area contributed by atoms with E-state index in [1.807, 2.05) is 0 Å². The molecule has 0 fully saturated rings. The molecule has 1 aromatic heterocycles. The monoisotopic (exact) mass is 123 g/mol. The summed E-state index contributed by atoms with van der Waals surface area (Å²) >= 11 is 0. The van der Waals surface area contributed by atoms with E-state index < -0.39 is 0 Å². The number of nitrogens with zero attached hydrogens (tertiary/aromatic N) is 4. The molecule has 0 radical (unpaired) electrons. The van der Waals surface area contributed by atoms with Crippen molar-refractivity contribution in [1.29, 1.82) is 5.41 Å². The van der Waals surface area contributed by atoms with Gasteiger partial charge in [-0.25, -0.2) is 4.98 Å². The fraction of sp³-hybridized carbons (Fsp3) is 0. The molecule has 0 unspecified atom stereocenters. The van der Waals surface area contributed by atoms with Crippen molar-refractivity contribution in [2.45, 2.75) is 0 Å². The molecule has 46 valence electrons. The molecule has 1 heterocycles. The summed E-state index contributed by atoms with van der Waals surface area (Å²) < 4.78 is 0. The molecule has 0 aliphatic heterocycles. The van der Waals surface area contributed by atoms with Gasteiger partial charge in [-0.1, -0.05) is 0 Å². The SMILES string of the molecule is C=Nn1nccnc1=N. The fourth-order valence-corrected chi connectivity index (χ4v) is 0.407. The van der Waals surface area contributed by atoms with Gasteiger partial charge in [-0.2, -0.15) is 10.2 Å². The second-order valence-corrected chi connectivity index (χ2v) is 1.30. The second kappa shape index (κ2) is 2.17. The molecule has 0 saturated heterocycles. The zero-order valence-electron chi connectivity index (χ0n) is 4.65. The Morgan fingerprint density at radius 2 is 2.44 bits per heavy atom. The van der Waals surface area contributed by atoms with Crippen molar-refractivity contribution in [3.63, 3.8) is 0 Å². The fourth-order valence-electron chi connectivity index (χ4n) is 0.407. The third-order valence-corrected chi connectivity index (χ3v) is 0.763. The number of rotatable bonds is 1. The first-order chi connectivity index (χ1) is 4.34. The van der Waals surface area contributed by atoms with Crippen molar-refractivity contribution < 1.29 is 0 Å². The molecule has 0 amide bonds. The molecule has 0 aliphatic rings. The molecule has 1 aromatic rings. The minimum atomic E-state index is -0.0208. The lowest BCUT2D eigenvalue weighted by Gasteiger charge is -1.90. The average Bonchev–Trinajstić information content (AvgIpc) is 1.89. The highest BCUT2D eigenvalue weighted by Gasteiger charge is 1.82. The van der Waals surface area contributed by atoms with Crippen LogP contribution in [0.3, 0.4) is 0 Å². The minimum Gasteiger partial charge on any atom is -0.264 e. The third-order valence-electron chi connectivity index (χ3n) is 0.763. The Balaban J connectivity index is 3.32. The molecule has 0 bridgehead atoms. The van der Waals surface area contributed by atoms with Crippen LogP contribution in [0.2, 0.25) is 0 Å². The van der Waals surface area contributed by atoms with Gasteiger partial charge in [0, 0.05) is 6.72 Å². The molecule has 0 aliphatic carbocycles.